The number of carbonyl (C=O) groups is 1. The molecule has 3 aliphatic carbocycles. The van der Waals surface area contributed by atoms with Crippen LogP contribution in [0.2, 0.25) is 0 Å². The SMILES string of the molecule is CC(=O)N(Cc1ccccc1)c1ccc2ccccc2c1CCCC[C@@H]1Cc2cc(O)ccc2[C@@H]2[C@@H]1[C@@H]1CC[C@H](O)[C@@]1(C)C[C@@H]2F. The van der Waals surface area contributed by atoms with Crippen molar-refractivity contribution in [2.75, 3.05) is 4.90 Å². The summed E-state index contributed by atoms with van der Waals surface area (Å²) in [7, 11) is 0. The number of carbonyl (C=O) groups excluding carboxylic acids is 1. The van der Waals surface area contributed by atoms with E-state index in [1.165, 1.54) is 16.3 Å². The topological polar surface area (TPSA) is 60.8 Å². The zero-order valence-electron chi connectivity index (χ0n) is 27.0. The molecule has 5 heteroatoms. The van der Waals surface area contributed by atoms with Crippen LogP contribution >= 0.6 is 0 Å². The third-order valence-corrected chi connectivity index (χ3v) is 11.9. The second-order valence-electron chi connectivity index (χ2n) is 14.5. The summed E-state index contributed by atoms with van der Waals surface area (Å²) in [6.07, 6.45) is 5.30. The minimum absolute atomic E-state index is 0.0235. The molecule has 0 heterocycles. The molecule has 46 heavy (non-hydrogen) atoms. The van der Waals surface area contributed by atoms with Crippen LogP contribution in [0.15, 0.2) is 84.9 Å². The molecule has 4 aromatic carbocycles. The maximum Gasteiger partial charge on any atom is 0.224 e. The van der Waals surface area contributed by atoms with Gasteiger partial charge in [0, 0.05) is 18.5 Å². The minimum Gasteiger partial charge on any atom is -0.508 e. The molecule has 0 aromatic heterocycles. The van der Waals surface area contributed by atoms with Crippen LogP contribution in [0.25, 0.3) is 10.8 Å². The van der Waals surface area contributed by atoms with Crippen molar-refractivity contribution >= 4 is 22.4 Å². The summed E-state index contributed by atoms with van der Waals surface area (Å²) in [5.74, 6) is 0.886. The number of phenolic OH excluding ortho intramolecular Hbond substituents is 1. The Labute approximate surface area is 272 Å². The Balaban J connectivity index is 1.15. The fraction of sp³-hybridized carbons (Fsp3) is 0.439. The zero-order chi connectivity index (χ0) is 32.0. The number of nitrogens with zero attached hydrogens (tertiary/aromatic N) is 1. The molecule has 240 valence electrons. The number of phenols is 1. The Kier molecular flexibility index (Phi) is 8.39. The van der Waals surface area contributed by atoms with E-state index < -0.39 is 12.3 Å². The highest BCUT2D eigenvalue weighted by Crippen LogP contribution is 2.63. The molecule has 0 radical (unpaired) electrons. The number of halogens is 1. The van der Waals surface area contributed by atoms with Gasteiger partial charge in [0.05, 0.1) is 12.6 Å². The third-order valence-electron chi connectivity index (χ3n) is 11.9. The molecule has 3 aliphatic rings. The van der Waals surface area contributed by atoms with Gasteiger partial charge in [0.1, 0.15) is 11.9 Å². The minimum atomic E-state index is -0.995. The maximum absolute atomic E-state index is 16.2. The van der Waals surface area contributed by atoms with E-state index in [2.05, 4.69) is 55.5 Å². The molecule has 7 atom stereocenters. The molecule has 0 spiro atoms. The smallest absolute Gasteiger partial charge is 0.224 e. The van der Waals surface area contributed by atoms with Gasteiger partial charge in [-0.2, -0.15) is 0 Å². The highest BCUT2D eigenvalue weighted by atomic mass is 19.1. The molecule has 2 saturated carbocycles. The summed E-state index contributed by atoms with van der Waals surface area (Å²) in [6, 6.07) is 28.3. The molecular weight excluding hydrogens is 573 g/mol. The van der Waals surface area contributed by atoms with Crippen molar-refractivity contribution in [3.05, 3.63) is 107 Å². The van der Waals surface area contributed by atoms with Crippen LogP contribution in [0.3, 0.4) is 0 Å². The number of hydrogen-bond donors (Lipinski definition) is 2. The Morgan fingerprint density at radius 3 is 2.57 bits per heavy atom. The van der Waals surface area contributed by atoms with Crippen molar-refractivity contribution in [1.82, 2.24) is 0 Å². The van der Waals surface area contributed by atoms with Crippen LogP contribution in [0, 0.1) is 23.2 Å². The van der Waals surface area contributed by atoms with E-state index in [-0.39, 0.29) is 28.9 Å². The van der Waals surface area contributed by atoms with Gasteiger partial charge in [-0.15, -0.1) is 0 Å². The number of alkyl halides is 1. The third kappa shape index (κ3) is 5.51. The predicted octanol–water partition coefficient (Wildman–Crippen LogP) is 8.90. The van der Waals surface area contributed by atoms with Gasteiger partial charge in [-0.3, -0.25) is 4.79 Å². The monoisotopic (exact) mass is 619 g/mol. The average molecular weight is 620 g/mol. The van der Waals surface area contributed by atoms with Crippen LogP contribution in [0.1, 0.15) is 80.5 Å². The molecule has 0 aliphatic heterocycles. The molecular formula is C41H46FNO3. The number of unbranched alkanes of at least 4 members (excludes halogenated alkanes) is 1. The normalized spacial score (nSPS) is 28.3. The number of hydrogen-bond acceptors (Lipinski definition) is 3. The first-order valence-corrected chi connectivity index (χ1v) is 17.2. The summed E-state index contributed by atoms with van der Waals surface area (Å²) < 4.78 is 16.2. The quantitative estimate of drug-likeness (QED) is 0.194. The van der Waals surface area contributed by atoms with Crippen molar-refractivity contribution in [3.8, 4) is 5.75 Å². The van der Waals surface area contributed by atoms with Gasteiger partial charge >= 0.3 is 0 Å². The number of amides is 1. The Morgan fingerprint density at radius 2 is 1.76 bits per heavy atom. The predicted molar refractivity (Wildman–Crippen MR) is 183 cm³/mol. The number of fused-ring (bicyclic) bond motifs is 6. The molecule has 4 aromatic rings. The fourth-order valence-electron chi connectivity index (χ4n) is 9.71. The fourth-order valence-corrected chi connectivity index (χ4v) is 9.71. The lowest BCUT2D eigenvalue weighted by molar-refractivity contribution is -0.116. The first kappa shape index (κ1) is 30.9. The summed E-state index contributed by atoms with van der Waals surface area (Å²) >= 11 is 0. The molecule has 2 fully saturated rings. The molecule has 1 amide bonds. The van der Waals surface area contributed by atoms with Gasteiger partial charge in [0.2, 0.25) is 5.91 Å². The Morgan fingerprint density at radius 1 is 0.978 bits per heavy atom. The summed E-state index contributed by atoms with van der Waals surface area (Å²) in [6.45, 7) is 4.29. The van der Waals surface area contributed by atoms with Crippen LogP contribution in [0.4, 0.5) is 10.1 Å². The Hall–Kier alpha value is -3.70. The number of aromatic hydroxyl groups is 1. The van der Waals surface area contributed by atoms with Gasteiger partial charge in [0.15, 0.2) is 0 Å². The molecule has 7 rings (SSSR count). The van der Waals surface area contributed by atoms with E-state index in [1.54, 1.807) is 13.0 Å². The van der Waals surface area contributed by atoms with Gasteiger partial charge < -0.3 is 15.1 Å². The van der Waals surface area contributed by atoms with Crippen molar-refractivity contribution in [1.29, 1.82) is 0 Å². The maximum atomic E-state index is 16.2. The van der Waals surface area contributed by atoms with E-state index in [9.17, 15) is 15.0 Å². The summed E-state index contributed by atoms with van der Waals surface area (Å²) in [5, 5.41) is 23.7. The average Bonchev–Trinajstić information content (AvgIpc) is 3.34. The van der Waals surface area contributed by atoms with Gasteiger partial charge in [-0.1, -0.05) is 80.1 Å². The second-order valence-corrected chi connectivity index (χ2v) is 14.5. The highest BCUT2D eigenvalue weighted by Gasteiger charge is 2.59. The van der Waals surface area contributed by atoms with Crippen molar-refractivity contribution in [2.45, 2.75) is 90.0 Å². The van der Waals surface area contributed by atoms with E-state index in [0.29, 0.717) is 24.8 Å². The van der Waals surface area contributed by atoms with E-state index in [0.717, 1.165) is 67.3 Å². The van der Waals surface area contributed by atoms with Gasteiger partial charge in [-0.05, 0) is 119 Å². The number of aryl methyl sites for hydroxylation is 1. The Bertz CT molecular complexity index is 1720. The summed E-state index contributed by atoms with van der Waals surface area (Å²) in [4.78, 5) is 15.0. The molecule has 4 nitrogen and oxygen atoms in total. The van der Waals surface area contributed by atoms with Crippen LogP contribution < -0.4 is 4.90 Å². The number of anilines is 1. The first-order valence-electron chi connectivity index (χ1n) is 17.2. The van der Waals surface area contributed by atoms with Crippen LogP contribution in [-0.2, 0) is 24.2 Å². The lowest BCUT2D eigenvalue weighted by Gasteiger charge is -2.54. The number of benzene rings is 4. The van der Waals surface area contributed by atoms with Gasteiger partial charge in [0.25, 0.3) is 0 Å². The van der Waals surface area contributed by atoms with E-state index in [4.69, 9.17) is 0 Å². The number of aliphatic hydroxyl groups excluding tert-OH is 1. The first-order chi connectivity index (χ1) is 22.2. The molecule has 0 unspecified atom stereocenters. The van der Waals surface area contributed by atoms with E-state index in [1.807, 2.05) is 35.2 Å². The van der Waals surface area contributed by atoms with Crippen molar-refractivity contribution < 1.29 is 19.4 Å². The van der Waals surface area contributed by atoms with Gasteiger partial charge in [-0.25, -0.2) is 4.39 Å². The molecule has 0 bridgehead atoms. The number of rotatable bonds is 8. The zero-order valence-corrected chi connectivity index (χ0v) is 27.0. The van der Waals surface area contributed by atoms with Crippen LogP contribution in [0.5, 0.6) is 5.75 Å². The summed E-state index contributed by atoms with van der Waals surface area (Å²) in [5.41, 5.74) is 5.05. The molecule has 2 N–H and O–H groups in total. The standard InChI is InChI=1S/C41H46FNO3/c1-26(44)43(25-27-10-4-3-5-11-27)37-20-16-28-12-6-8-14-32(28)34(37)15-9-7-13-29-22-30-23-31(45)17-18-33(30)40-36(42)24-41(2)35(39(29)40)19-21-38(41)46/h3-6,8,10-12,14,16-18,20,23,29,35-36,38-40,45-46H,7,9,13,15,19,21-22,24-25H2,1-2H3/t29-,35+,36+,38+,39+,40+,41+/m1/s1. The highest BCUT2D eigenvalue weighted by molar-refractivity contribution is 5.98. The number of aliphatic hydroxyl groups is 1. The molecule has 0 saturated heterocycles. The van der Waals surface area contributed by atoms with Crippen LogP contribution in [-0.4, -0.2) is 28.4 Å². The lowest BCUT2D eigenvalue weighted by atomic mass is 9.51. The lowest BCUT2D eigenvalue weighted by Crippen LogP contribution is -2.51. The largest absolute Gasteiger partial charge is 0.508 e. The van der Waals surface area contributed by atoms with E-state index >= 15 is 4.39 Å². The van der Waals surface area contributed by atoms with Crippen molar-refractivity contribution in [2.24, 2.45) is 23.2 Å². The van der Waals surface area contributed by atoms with Crippen molar-refractivity contribution in [3.63, 3.8) is 0 Å². The second kappa shape index (κ2) is 12.5.